The molecule has 3 aromatic rings. The van der Waals surface area contributed by atoms with Crippen LogP contribution in [0.15, 0.2) is 60.2 Å². The standard InChI is InChI=1S/C26H20O6/c1-2-14-4-3-5-17-22(14)24(16-7-9-19-21(11-16)32-13-30-19)25(26(27)28)23(17)15-6-8-18-20(10-15)31-12-29-18/h3-11,23H,2,12-13H2,1H3,(H,27,28). The molecule has 1 N–H and O–H groups in total. The largest absolute Gasteiger partial charge is 0.478 e. The van der Waals surface area contributed by atoms with Gasteiger partial charge in [0.05, 0.1) is 5.57 Å². The molecule has 6 nitrogen and oxygen atoms in total. The highest BCUT2D eigenvalue weighted by Crippen LogP contribution is 2.51. The molecule has 1 atom stereocenters. The lowest BCUT2D eigenvalue weighted by Gasteiger charge is -2.16. The van der Waals surface area contributed by atoms with Crippen LogP contribution in [0.2, 0.25) is 0 Å². The molecule has 0 spiro atoms. The minimum Gasteiger partial charge on any atom is -0.478 e. The van der Waals surface area contributed by atoms with Gasteiger partial charge in [-0.25, -0.2) is 4.79 Å². The Morgan fingerprint density at radius 3 is 2.31 bits per heavy atom. The third-order valence-corrected chi connectivity index (χ3v) is 6.30. The number of rotatable bonds is 4. The normalized spacial score (nSPS) is 17.6. The Morgan fingerprint density at radius 1 is 0.906 bits per heavy atom. The molecule has 1 unspecified atom stereocenters. The van der Waals surface area contributed by atoms with E-state index in [-0.39, 0.29) is 13.6 Å². The number of aliphatic carboxylic acids is 1. The molecule has 0 amide bonds. The van der Waals surface area contributed by atoms with E-state index in [0.29, 0.717) is 28.6 Å². The number of aryl methyl sites for hydroxylation is 1. The number of fused-ring (bicyclic) bond motifs is 3. The van der Waals surface area contributed by atoms with Crippen molar-refractivity contribution in [1.82, 2.24) is 0 Å². The monoisotopic (exact) mass is 428 g/mol. The molecule has 0 saturated heterocycles. The van der Waals surface area contributed by atoms with Gasteiger partial charge in [0.2, 0.25) is 13.6 Å². The molecule has 0 fully saturated rings. The molecule has 160 valence electrons. The van der Waals surface area contributed by atoms with E-state index in [0.717, 1.165) is 39.8 Å². The summed E-state index contributed by atoms with van der Waals surface area (Å²) in [4.78, 5) is 12.7. The van der Waals surface area contributed by atoms with Crippen LogP contribution < -0.4 is 18.9 Å². The fourth-order valence-electron chi connectivity index (χ4n) is 4.92. The van der Waals surface area contributed by atoms with Gasteiger partial charge in [-0.3, -0.25) is 0 Å². The summed E-state index contributed by atoms with van der Waals surface area (Å²) in [6.45, 7) is 2.42. The first-order valence-corrected chi connectivity index (χ1v) is 10.5. The highest BCUT2D eigenvalue weighted by atomic mass is 16.7. The maximum absolute atomic E-state index is 12.7. The van der Waals surface area contributed by atoms with Crippen molar-refractivity contribution < 1.29 is 28.8 Å². The SMILES string of the molecule is CCc1cccc2c1C(c1ccc3c(c1)OCO3)=C(C(=O)O)C2c1ccc2c(c1)OCO2. The van der Waals surface area contributed by atoms with Crippen LogP contribution in [0.25, 0.3) is 5.57 Å². The number of carbonyl (C=O) groups is 1. The molecule has 6 heteroatoms. The first-order chi connectivity index (χ1) is 15.7. The first-order valence-electron chi connectivity index (χ1n) is 10.5. The lowest BCUT2D eigenvalue weighted by Crippen LogP contribution is -2.10. The molecular formula is C26H20O6. The Morgan fingerprint density at radius 2 is 1.59 bits per heavy atom. The minimum atomic E-state index is -0.946. The van der Waals surface area contributed by atoms with E-state index in [9.17, 15) is 9.90 Å². The van der Waals surface area contributed by atoms with Gasteiger partial charge in [0.25, 0.3) is 0 Å². The second-order valence-corrected chi connectivity index (χ2v) is 7.94. The van der Waals surface area contributed by atoms with Crippen LogP contribution in [0.3, 0.4) is 0 Å². The van der Waals surface area contributed by atoms with Gasteiger partial charge in [0, 0.05) is 11.5 Å². The van der Waals surface area contributed by atoms with Crippen LogP contribution in [-0.4, -0.2) is 24.7 Å². The summed E-state index contributed by atoms with van der Waals surface area (Å²) >= 11 is 0. The number of carboxylic acid groups (broad SMARTS) is 1. The Kier molecular flexibility index (Phi) is 4.15. The summed E-state index contributed by atoms with van der Waals surface area (Å²) in [5.74, 6) is 1.23. The molecule has 32 heavy (non-hydrogen) atoms. The second-order valence-electron chi connectivity index (χ2n) is 7.94. The van der Waals surface area contributed by atoms with Gasteiger partial charge in [0.1, 0.15) is 0 Å². The molecule has 2 aliphatic heterocycles. The maximum Gasteiger partial charge on any atom is 0.333 e. The zero-order valence-electron chi connectivity index (χ0n) is 17.4. The summed E-state index contributed by atoms with van der Waals surface area (Å²) in [6, 6.07) is 17.4. The van der Waals surface area contributed by atoms with Crippen LogP contribution in [-0.2, 0) is 11.2 Å². The van der Waals surface area contributed by atoms with Crippen LogP contribution >= 0.6 is 0 Å². The van der Waals surface area contributed by atoms with Crippen LogP contribution in [0.5, 0.6) is 23.0 Å². The van der Waals surface area contributed by atoms with Crippen LogP contribution in [0.1, 0.15) is 40.7 Å². The number of ether oxygens (including phenoxy) is 4. The van der Waals surface area contributed by atoms with E-state index in [2.05, 4.69) is 13.0 Å². The molecule has 1 aliphatic carbocycles. The number of carboxylic acids is 1. The number of hydrogen-bond acceptors (Lipinski definition) is 5. The van der Waals surface area contributed by atoms with Gasteiger partial charge in [0.15, 0.2) is 23.0 Å². The van der Waals surface area contributed by atoms with Gasteiger partial charge in [-0.1, -0.05) is 37.3 Å². The lowest BCUT2D eigenvalue weighted by molar-refractivity contribution is -0.132. The van der Waals surface area contributed by atoms with E-state index in [1.807, 2.05) is 48.5 Å². The van der Waals surface area contributed by atoms with E-state index in [1.165, 1.54) is 0 Å². The van der Waals surface area contributed by atoms with E-state index >= 15 is 0 Å². The molecule has 0 saturated carbocycles. The third kappa shape index (κ3) is 2.69. The van der Waals surface area contributed by atoms with Crippen molar-refractivity contribution in [2.24, 2.45) is 0 Å². The van der Waals surface area contributed by atoms with E-state index in [1.54, 1.807) is 0 Å². The Hall–Kier alpha value is -3.93. The maximum atomic E-state index is 12.7. The van der Waals surface area contributed by atoms with Crippen molar-refractivity contribution in [2.45, 2.75) is 19.3 Å². The quantitative estimate of drug-likeness (QED) is 0.647. The predicted octanol–water partition coefficient (Wildman–Crippen LogP) is 4.74. The topological polar surface area (TPSA) is 74.2 Å². The fraction of sp³-hybridized carbons (Fsp3) is 0.192. The minimum absolute atomic E-state index is 0.167. The van der Waals surface area contributed by atoms with Crippen molar-refractivity contribution in [3.8, 4) is 23.0 Å². The Bertz CT molecular complexity index is 1310. The van der Waals surface area contributed by atoms with Gasteiger partial charge in [-0.15, -0.1) is 0 Å². The smallest absolute Gasteiger partial charge is 0.333 e. The average molecular weight is 428 g/mol. The van der Waals surface area contributed by atoms with Gasteiger partial charge < -0.3 is 24.1 Å². The van der Waals surface area contributed by atoms with Crippen molar-refractivity contribution in [2.75, 3.05) is 13.6 Å². The number of benzene rings is 3. The van der Waals surface area contributed by atoms with Crippen LogP contribution in [0.4, 0.5) is 0 Å². The summed E-state index contributed by atoms with van der Waals surface area (Å²) in [5.41, 5.74) is 5.80. The summed E-state index contributed by atoms with van der Waals surface area (Å²) in [7, 11) is 0. The molecule has 0 radical (unpaired) electrons. The molecule has 0 bridgehead atoms. The van der Waals surface area contributed by atoms with Gasteiger partial charge in [-0.05, 0) is 58.5 Å². The molecular weight excluding hydrogens is 408 g/mol. The zero-order chi connectivity index (χ0) is 21.8. The van der Waals surface area contributed by atoms with Crippen LogP contribution in [0, 0.1) is 0 Å². The van der Waals surface area contributed by atoms with Crippen molar-refractivity contribution in [1.29, 1.82) is 0 Å². The summed E-state index contributed by atoms with van der Waals surface area (Å²) in [6.07, 6.45) is 0.790. The van der Waals surface area contributed by atoms with Crippen molar-refractivity contribution in [3.05, 3.63) is 88.0 Å². The summed E-state index contributed by atoms with van der Waals surface area (Å²) in [5, 5.41) is 10.4. The Balaban J connectivity index is 1.62. The highest BCUT2D eigenvalue weighted by Gasteiger charge is 2.39. The van der Waals surface area contributed by atoms with Gasteiger partial charge >= 0.3 is 5.97 Å². The average Bonchev–Trinajstić information content (AvgIpc) is 3.53. The van der Waals surface area contributed by atoms with Gasteiger partial charge in [-0.2, -0.15) is 0 Å². The van der Waals surface area contributed by atoms with E-state index < -0.39 is 11.9 Å². The molecule has 3 aliphatic rings. The fourth-order valence-corrected chi connectivity index (χ4v) is 4.92. The summed E-state index contributed by atoms with van der Waals surface area (Å²) < 4.78 is 22.1. The Labute approximate surface area is 184 Å². The second kappa shape index (κ2) is 7.05. The molecule has 2 heterocycles. The first kappa shape index (κ1) is 18.8. The number of hydrogen-bond donors (Lipinski definition) is 1. The molecule has 6 rings (SSSR count). The molecule has 3 aromatic carbocycles. The third-order valence-electron chi connectivity index (χ3n) is 6.30. The van der Waals surface area contributed by atoms with E-state index in [4.69, 9.17) is 18.9 Å². The van der Waals surface area contributed by atoms with Crippen molar-refractivity contribution in [3.63, 3.8) is 0 Å². The van der Waals surface area contributed by atoms with Crippen molar-refractivity contribution >= 4 is 11.5 Å². The highest BCUT2D eigenvalue weighted by molar-refractivity contribution is 6.07. The predicted molar refractivity (Wildman–Crippen MR) is 116 cm³/mol. The zero-order valence-corrected chi connectivity index (χ0v) is 17.4. The lowest BCUT2D eigenvalue weighted by atomic mass is 9.87. The molecule has 0 aromatic heterocycles.